The van der Waals surface area contributed by atoms with Crippen molar-refractivity contribution in [3.8, 4) is 0 Å². The maximum atomic E-state index is 4.89. The summed E-state index contributed by atoms with van der Waals surface area (Å²) in [6.07, 6.45) is 6.69. The van der Waals surface area contributed by atoms with Gasteiger partial charge in [-0.15, -0.1) is 0 Å². The predicted molar refractivity (Wildman–Crippen MR) is 109 cm³/mol. The van der Waals surface area contributed by atoms with E-state index in [2.05, 4.69) is 52.4 Å². The van der Waals surface area contributed by atoms with Crippen LogP contribution >= 0.6 is 15.9 Å². The maximum absolute atomic E-state index is 4.89. The molecule has 0 radical (unpaired) electrons. The number of nitrogens with zero attached hydrogens (tertiary/aromatic N) is 1. The number of pyridine rings is 1. The molecule has 1 aromatic heterocycles. The molecule has 1 N–H and O–H groups in total. The van der Waals surface area contributed by atoms with Gasteiger partial charge >= 0.3 is 0 Å². The van der Waals surface area contributed by atoms with Gasteiger partial charge in [0.15, 0.2) is 0 Å². The molecule has 3 heteroatoms. The largest absolute Gasteiger partial charge is 0.317 e. The molecular formula is C22H29BrN2. The van der Waals surface area contributed by atoms with Crippen LogP contribution in [0.15, 0.2) is 34.9 Å². The van der Waals surface area contributed by atoms with E-state index in [9.17, 15) is 0 Å². The zero-order valence-corrected chi connectivity index (χ0v) is 17.2. The highest BCUT2D eigenvalue weighted by atomic mass is 79.9. The van der Waals surface area contributed by atoms with Crippen LogP contribution in [0.25, 0.3) is 0 Å². The smallest absolute Gasteiger partial charge is 0.0514 e. The van der Waals surface area contributed by atoms with Crippen LogP contribution < -0.4 is 5.32 Å². The minimum atomic E-state index is 0.457. The molecule has 1 saturated heterocycles. The van der Waals surface area contributed by atoms with E-state index >= 15 is 0 Å². The summed E-state index contributed by atoms with van der Waals surface area (Å²) in [6, 6.07) is 9.33. The lowest BCUT2D eigenvalue weighted by molar-refractivity contribution is 0.338. The Morgan fingerprint density at radius 2 is 1.76 bits per heavy atom. The molecule has 1 aromatic carbocycles. The Bertz CT molecular complexity index is 666. The zero-order valence-electron chi connectivity index (χ0n) is 15.6. The lowest BCUT2D eigenvalue weighted by atomic mass is 9.76. The van der Waals surface area contributed by atoms with E-state index in [4.69, 9.17) is 4.98 Å². The summed E-state index contributed by atoms with van der Waals surface area (Å²) < 4.78 is 1.10. The lowest BCUT2D eigenvalue weighted by Gasteiger charge is -2.32. The number of aryl methyl sites for hydroxylation is 3. The van der Waals surface area contributed by atoms with Crippen molar-refractivity contribution in [2.75, 3.05) is 13.1 Å². The van der Waals surface area contributed by atoms with Crippen LogP contribution in [0.3, 0.4) is 0 Å². The third kappa shape index (κ3) is 3.98. The van der Waals surface area contributed by atoms with Crippen molar-refractivity contribution in [1.82, 2.24) is 10.3 Å². The second-order valence-corrected chi connectivity index (χ2v) is 7.88. The number of hydrogen-bond acceptors (Lipinski definition) is 2. The van der Waals surface area contributed by atoms with Gasteiger partial charge in [0.2, 0.25) is 0 Å². The third-order valence-corrected chi connectivity index (χ3v) is 5.85. The Labute approximate surface area is 160 Å². The first kappa shape index (κ1) is 18.6. The van der Waals surface area contributed by atoms with Crippen LogP contribution in [0, 0.1) is 12.8 Å². The molecule has 2 aliphatic rings. The maximum Gasteiger partial charge on any atom is 0.0514 e. The van der Waals surface area contributed by atoms with Gasteiger partial charge in [-0.2, -0.15) is 0 Å². The van der Waals surface area contributed by atoms with E-state index in [1.807, 2.05) is 20.0 Å². The van der Waals surface area contributed by atoms with Crippen LogP contribution in [-0.4, -0.2) is 18.1 Å². The van der Waals surface area contributed by atoms with Crippen LogP contribution in [-0.2, 0) is 12.8 Å². The van der Waals surface area contributed by atoms with Crippen molar-refractivity contribution in [2.24, 2.45) is 5.92 Å². The molecule has 134 valence electrons. The Hall–Kier alpha value is -1.19. The predicted octanol–water partition coefficient (Wildman–Crippen LogP) is 5.41. The van der Waals surface area contributed by atoms with Gasteiger partial charge in [-0.1, -0.05) is 37.6 Å². The molecule has 0 saturated carbocycles. The topological polar surface area (TPSA) is 24.9 Å². The fourth-order valence-electron chi connectivity index (χ4n) is 4.30. The van der Waals surface area contributed by atoms with Crippen molar-refractivity contribution in [2.45, 2.75) is 52.4 Å². The number of halogens is 1. The molecular weight excluding hydrogens is 372 g/mol. The molecule has 1 fully saturated rings. The molecule has 1 atom stereocenters. The summed E-state index contributed by atoms with van der Waals surface area (Å²) in [5.74, 6) is 1.15. The normalized spacial score (nSPS) is 19.9. The Morgan fingerprint density at radius 1 is 1.04 bits per heavy atom. The third-order valence-electron chi connectivity index (χ3n) is 5.42. The molecule has 2 aromatic rings. The highest BCUT2D eigenvalue weighted by molar-refractivity contribution is 9.10. The molecule has 4 rings (SSSR count). The first-order valence-electron chi connectivity index (χ1n) is 9.67. The van der Waals surface area contributed by atoms with Gasteiger partial charge in [-0.05, 0) is 90.3 Å². The summed E-state index contributed by atoms with van der Waals surface area (Å²) in [5.41, 5.74) is 7.17. The summed E-state index contributed by atoms with van der Waals surface area (Å²) in [5, 5.41) is 3.51. The van der Waals surface area contributed by atoms with Crippen molar-refractivity contribution >= 4 is 15.9 Å². The quantitative estimate of drug-likeness (QED) is 0.691. The number of fused-ring (bicyclic) bond motifs is 2. The average Bonchev–Trinajstić information content (AvgIpc) is 2.80. The number of hydrogen-bond donors (Lipinski definition) is 1. The van der Waals surface area contributed by atoms with E-state index in [1.165, 1.54) is 40.8 Å². The number of benzene rings is 1. The molecule has 0 amide bonds. The summed E-state index contributed by atoms with van der Waals surface area (Å²) in [7, 11) is 0. The number of piperidine rings is 1. The first-order valence-corrected chi connectivity index (χ1v) is 10.5. The van der Waals surface area contributed by atoms with E-state index in [0.29, 0.717) is 11.8 Å². The Morgan fingerprint density at radius 3 is 2.52 bits per heavy atom. The Balaban J connectivity index is 0.000000880. The molecule has 1 aliphatic carbocycles. The molecule has 0 spiro atoms. The second-order valence-electron chi connectivity index (χ2n) is 6.97. The van der Waals surface area contributed by atoms with E-state index < -0.39 is 0 Å². The first-order chi connectivity index (χ1) is 12.2. The van der Waals surface area contributed by atoms with E-state index in [-0.39, 0.29) is 0 Å². The van der Waals surface area contributed by atoms with Crippen molar-refractivity contribution < 1.29 is 0 Å². The van der Waals surface area contributed by atoms with Crippen LogP contribution in [0.5, 0.6) is 0 Å². The highest BCUT2D eigenvalue weighted by Gasteiger charge is 2.32. The summed E-state index contributed by atoms with van der Waals surface area (Å²) in [6.45, 7) is 8.47. The number of rotatable bonds is 1. The fourth-order valence-corrected chi connectivity index (χ4v) is 4.68. The van der Waals surface area contributed by atoms with Crippen LogP contribution in [0.2, 0.25) is 0 Å². The minimum absolute atomic E-state index is 0.457. The average molecular weight is 401 g/mol. The zero-order chi connectivity index (χ0) is 17.8. The molecule has 0 unspecified atom stereocenters. The minimum Gasteiger partial charge on any atom is -0.317 e. The molecule has 25 heavy (non-hydrogen) atoms. The standard InChI is InChI=1S/C20H23BrN2.C2H6/c1-13-2-5-18-15(10-13)3-4-16-11-17(21)12-23-20(16)19(18)14-6-8-22-9-7-14;1-2/h2,5,10-12,14,19,22H,3-4,6-9H2,1H3;1-2H3/t19-;/m1./s1. The SMILES string of the molecule is CC.Cc1ccc2c(c1)CCc1cc(Br)cnc1[C@@H]2C1CCNCC1. The monoisotopic (exact) mass is 400 g/mol. The summed E-state index contributed by atoms with van der Waals surface area (Å²) in [4.78, 5) is 4.89. The van der Waals surface area contributed by atoms with Gasteiger partial charge < -0.3 is 5.32 Å². The van der Waals surface area contributed by atoms with E-state index in [1.54, 1.807) is 0 Å². The number of aromatic nitrogens is 1. The van der Waals surface area contributed by atoms with Gasteiger partial charge in [0, 0.05) is 16.6 Å². The summed E-state index contributed by atoms with van der Waals surface area (Å²) >= 11 is 3.61. The fraction of sp³-hybridized carbons (Fsp3) is 0.500. The highest BCUT2D eigenvalue weighted by Crippen LogP contribution is 2.42. The lowest BCUT2D eigenvalue weighted by Crippen LogP contribution is -2.32. The van der Waals surface area contributed by atoms with Gasteiger partial charge in [0.1, 0.15) is 0 Å². The second kappa shape index (κ2) is 8.46. The molecule has 0 bridgehead atoms. The molecule has 2 heterocycles. The van der Waals surface area contributed by atoms with Crippen molar-refractivity contribution in [3.63, 3.8) is 0 Å². The van der Waals surface area contributed by atoms with E-state index in [0.717, 1.165) is 30.4 Å². The van der Waals surface area contributed by atoms with Crippen molar-refractivity contribution in [1.29, 1.82) is 0 Å². The van der Waals surface area contributed by atoms with Crippen molar-refractivity contribution in [3.05, 3.63) is 62.9 Å². The van der Waals surface area contributed by atoms with Gasteiger partial charge in [0.25, 0.3) is 0 Å². The number of nitrogens with one attached hydrogen (secondary N) is 1. The molecule has 1 aliphatic heterocycles. The van der Waals surface area contributed by atoms with Gasteiger partial charge in [0.05, 0.1) is 5.69 Å². The molecule has 2 nitrogen and oxygen atoms in total. The van der Waals surface area contributed by atoms with Gasteiger partial charge in [-0.25, -0.2) is 0 Å². The van der Waals surface area contributed by atoms with Crippen LogP contribution in [0.4, 0.5) is 0 Å². The van der Waals surface area contributed by atoms with Crippen LogP contribution in [0.1, 0.15) is 60.6 Å². The van der Waals surface area contributed by atoms with Gasteiger partial charge in [-0.3, -0.25) is 4.98 Å². The Kier molecular flexibility index (Phi) is 6.29.